The Kier molecular flexibility index (Phi) is 6.57. The van der Waals surface area contributed by atoms with Crippen LogP contribution in [-0.4, -0.2) is 48.4 Å². The predicted octanol–water partition coefficient (Wildman–Crippen LogP) is 2.01. The topological polar surface area (TPSA) is 140 Å². The average Bonchev–Trinajstić information content (AvgIpc) is 3.17. The molecule has 1 aromatic carbocycles. The smallest absolute Gasteiger partial charge is 0.269 e. The number of sulfone groups is 1. The second-order valence-corrected chi connectivity index (χ2v) is 10.2. The third-order valence-corrected chi connectivity index (χ3v) is 7.31. The highest BCUT2D eigenvalue weighted by Crippen LogP contribution is 2.32. The van der Waals surface area contributed by atoms with Gasteiger partial charge in [-0.25, -0.2) is 8.42 Å². The molecule has 35 heavy (non-hydrogen) atoms. The minimum absolute atomic E-state index is 0.0320. The maximum Gasteiger partial charge on any atom is 0.269 e. The van der Waals surface area contributed by atoms with Crippen LogP contribution in [0, 0.1) is 18.3 Å². The molecule has 1 atom stereocenters. The van der Waals surface area contributed by atoms with E-state index >= 15 is 0 Å². The van der Waals surface area contributed by atoms with Gasteiger partial charge in [0.1, 0.15) is 22.9 Å². The summed E-state index contributed by atoms with van der Waals surface area (Å²) in [5.41, 5.74) is 0.00684. The van der Waals surface area contributed by atoms with E-state index in [2.05, 4.69) is 10.3 Å². The second kappa shape index (κ2) is 9.60. The fourth-order valence-electron chi connectivity index (χ4n) is 3.77. The average molecular weight is 495 g/mol. The number of ether oxygens (including phenoxy) is 2. The number of amides is 1. The quantitative estimate of drug-likeness (QED) is 0.405. The van der Waals surface area contributed by atoms with E-state index < -0.39 is 27.3 Å². The van der Waals surface area contributed by atoms with E-state index in [1.54, 1.807) is 49.4 Å². The summed E-state index contributed by atoms with van der Waals surface area (Å²) in [5.74, 6) is -0.442. The molecule has 11 heteroatoms. The van der Waals surface area contributed by atoms with E-state index in [-0.39, 0.29) is 40.7 Å². The minimum Gasteiger partial charge on any atom is -0.493 e. The Morgan fingerprint density at radius 2 is 2.00 bits per heavy atom. The Balaban J connectivity index is 1.81. The number of hydrogen-bond acceptors (Lipinski definition) is 8. The third-order valence-electron chi connectivity index (χ3n) is 5.55. The van der Waals surface area contributed by atoms with Crippen LogP contribution in [0.4, 0.5) is 0 Å². The number of para-hydroxylation sites is 2. The fourth-order valence-corrected chi connectivity index (χ4v) is 5.44. The Labute approximate surface area is 201 Å². The first-order chi connectivity index (χ1) is 16.7. The van der Waals surface area contributed by atoms with Gasteiger partial charge in [0.15, 0.2) is 21.3 Å². The van der Waals surface area contributed by atoms with E-state index in [0.29, 0.717) is 17.0 Å². The number of aryl methyl sites for hydroxylation is 1. The summed E-state index contributed by atoms with van der Waals surface area (Å²) in [6, 6.07) is 11.4. The van der Waals surface area contributed by atoms with Crippen molar-refractivity contribution in [2.24, 2.45) is 0 Å². The van der Waals surface area contributed by atoms with Gasteiger partial charge in [0.2, 0.25) is 5.88 Å². The lowest BCUT2D eigenvalue weighted by atomic mass is 10.1. The van der Waals surface area contributed by atoms with Crippen LogP contribution in [0.5, 0.6) is 17.4 Å². The molecule has 0 radical (unpaired) electrons. The van der Waals surface area contributed by atoms with Crippen molar-refractivity contribution in [3.63, 3.8) is 0 Å². The number of rotatable bonds is 6. The normalized spacial score (nSPS) is 17.1. The maximum atomic E-state index is 13.4. The van der Waals surface area contributed by atoms with E-state index in [9.17, 15) is 23.3 Å². The van der Waals surface area contributed by atoms with Gasteiger partial charge in [0, 0.05) is 12.2 Å². The molecule has 1 aliphatic rings. The molecule has 1 fully saturated rings. The SMILES string of the molecule is COc1ccccc1Oc1nc2c(C)cccn2c(=O)c1/C=C(\C#N)C(=O)N[C@@H]1CCS(=O)(=O)C1. The maximum absolute atomic E-state index is 13.4. The Morgan fingerprint density at radius 3 is 2.66 bits per heavy atom. The van der Waals surface area contributed by atoms with Crippen molar-refractivity contribution in [3.8, 4) is 23.4 Å². The van der Waals surface area contributed by atoms with Gasteiger partial charge in [-0.15, -0.1) is 0 Å². The number of carbonyl (C=O) groups excluding carboxylic acids is 1. The Bertz CT molecular complexity index is 1550. The molecule has 1 amide bonds. The monoisotopic (exact) mass is 494 g/mol. The zero-order valence-electron chi connectivity index (χ0n) is 19.0. The molecule has 3 heterocycles. The van der Waals surface area contributed by atoms with Gasteiger partial charge >= 0.3 is 0 Å². The van der Waals surface area contributed by atoms with Gasteiger partial charge in [-0.3, -0.25) is 14.0 Å². The van der Waals surface area contributed by atoms with Crippen LogP contribution in [0.3, 0.4) is 0 Å². The first-order valence-corrected chi connectivity index (χ1v) is 12.5. The predicted molar refractivity (Wildman–Crippen MR) is 128 cm³/mol. The van der Waals surface area contributed by atoms with Crippen LogP contribution in [-0.2, 0) is 14.6 Å². The Morgan fingerprint density at radius 1 is 1.26 bits per heavy atom. The highest BCUT2D eigenvalue weighted by molar-refractivity contribution is 7.91. The lowest BCUT2D eigenvalue weighted by Gasteiger charge is -2.14. The molecule has 3 aromatic rings. The van der Waals surface area contributed by atoms with Crippen molar-refractivity contribution in [3.05, 3.63) is 69.6 Å². The molecular weight excluding hydrogens is 472 g/mol. The largest absolute Gasteiger partial charge is 0.493 e. The standard InChI is InChI=1S/C24H22N4O6S/c1-15-6-5-10-28-21(15)27-23(34-20-8-4-3-7-19(20)33-2)18(24(28)30)12-16(13-25)22(29)26-17-9-11-35(31,32)14-17/h3-8,10,12,17H,9,11,14H2,1-2H3,(H,26,29)/b16-12+/t17-/m1/s1. The summed E-state index contributed by atoms with van der Waals surface area (Å²) in [7, 11) is -1.76. The van der Waals surface area contributed by atoms with Gasteiger partial charge in [-0.2, -0.15) is 10.2 Å². The molecule has 0 aliphatic carbocycles. The van der Waals surface area contributed by atoms with E-state index in [0.717, 1.165) is 6.08 Å². The van der Waals surface area contributed by atoms with Gasteiger partial charge < -0.3 is 14.8 Å². The molecule has 0 spiro atoms. The molecule has 10 nitrogen and oxygen atoms in total. The number of nitrogens with one attached hydrogen (secondary N) is 1. The summed E-state index contributed by atoms with van der Waals surface area (Å²) >= 11 is 0. The first-order valence-electron chi connectivity index (χ1n) is 10.7. The number of hydrogen-bond donors (Lipinski definition) is 1. The summed E-state index contributed by atoms with van der Waals surface area (Å²) in [4.78, 5) is 30.6. The Hall–Kier alpha value is -4.17. The molecule has 2 aromatic heterocycles. The van der Waals surface area contributed by atoms with Crippen molar-refractivity contribution in [1.29, 1.82) is 5.26 Å². The van der Waals surface area contributed by atoms with Crippen LogP contribution in [0.2, 0.25) is 0 Å². The fraction of sp³-hybridized carbons (Fsp3) is 0.250. The highest BCUT2D eigenvalue weighted by atomic mass is 32.2. The molecule has 4 rings (SSSR count). The molecular formula is C24H22N4O6S. The van der Waals surface area contributed by atoms with Gasteiger partial charge in [0.25, 0.3) is 11.5 Å². The summed E-state index contributed by atoms with van der Waals surface area (Å²) < 4.78 is 36.0. The number of nitrogens with zero attached hydrogens (tertiary/aromatic N) is 3. The number of benzene rings is 1. The number of nitriles is 1. The van der Waals surface area contributed by atoms with E-state index in [1.807, 2.05) is 0 Å². The molecule has 1 aliphatic heterocycles. The zero-order valence-corrected chi connectivity index (χ0v) is 19.8. The van der Waals surface area contributed by atoms with Crippen LogP contribution >= 0.6 is 0 Å². The highest BCUT2D eigenvalue weighted by Gasteiger charge is 2.30. The van der Waals surface area contributed by atoms with Gasteiger partial charge in [0.05, 0.1) is 18.6 Å². The summed E-state index contributed by atoms with van der Waals surface area (Å²) in [6.45, 7) is 1.79. The van der Waals surface area contributed by atoms with Crippen LogP contribution in [0.15, 0.2) is 53.0 Å². The first kappa shape index (κ1) is 24.0. The van der Waals surface area contributed by atoms with Gasteiger partial charge in [-0.05, 0) is 43.2 Å². The molecule has 0 unspecified atom stereocenters. The molecule has 1 N–H and O–H groups in total. The minimum atomic E-state index is -3.23. The van der Waals surface area contributed by atoms with Crippen LogP contribution in [0.25, 0.3) is 11.7 Å². The number of aromatic nitrogens is 2. The molecule has 0 saturated carbocycles. The molecule has 1 saturated heterocycles. The van der Waals surface area contributed by atoms with Crippen molar-refractivity contribution in [1.82, 2.24) is 14.7 Å². The summed E-state index contributed by atoms with van der Waals surface area (Å²) in [5, 5.41) is 12.2. The molecule has 180 valence electrons. The number of pyridine rings is 1. The summed E-state index contributed by atoms with van der Waals surface area (Å²) in [6.07, 6.45) is 2.89. The van der Waals surface area contributed by atoms with E-state index in [4.69, 9.17) is 9.47 Å². The number of carbonyl (C=O) groups is 1. The lowest BCUT2D eigenvalue weighted by Crippen LogP contribution is -2.36. The number of fused-ring (bicyclic) bond motifs is 1. The van der Waals surface area contributed by atoms with Crippen molar-refractivity contribution >= 4 is 27.5 Å². The lowest BCUT2D eigenvalue weighted by molar-refractivity contribution is -0.117. The van der Waals surface area contributed by atoms with Crippen LogP contribution < -0.4 is 20.3 Å². The number of methoxy groups -OCH3 is 1. The van der Waals surface area contributed by atoms with Crippen LogP contribution in [0.1, 0.15) is 17.5 Å². The second-order valence-electron chi connectivity index (χ2n) is 8.02. The van der Waals surface area contributed by atoms with Crippen molar-refractivity contribution in [2.75, 3.05) is 18.6 Å². The zero-order chi connectivity index (χ0) is 25.2. The van der Waals surface area contributed by atoms with E-state index in [1.165, 1.54) is 17.7 Å². The third kappa shape index (κ3) is 5.02. The van der Waals surface area contributed by atoms with Gasteiger partial charge in [-0.1, -0.05) is 18.2 Å². The van der Waals surface area contributed by atoms with Crippen molar-refractivity contribution < 1.29 is 22.7 Å². The van der Waals surface area contributed by atoms with Crippen molar-refractivity contribution in [2.45, 2.75) is 19.4 Å². The molecule has 0 bridgehead atoms.